The largest absolute Gasteiger partial charge is 0.493 e. The van der Waals surface area contributed by atoms with E-state index in [1.807, 2.05) is 60.4 Å². The minimum absolute atomic E-state index is 0.125. The van der Waals surface area contributed by atoms with Gasteiger partial charge >= 0.3 is 6.03 Å². The zero-order valence-corrected chi connectivity index (χ0v) is 23.5. The lowest BCUT2D eigenvalue weighted by atomic mass is 9.94. The standard InChI is InChI=1S/C28H27Br2FN4O2/c1-2-37-24-17-22(31)11-12-23(24)27-33-25(18-3-7-20(29)8-4-18)26(19-5-9-21(30)10-6-19)35(27)28(36)34-15-13-32-14-16-34/h3-12,17,25-26,32H,2,13-16H2,1H3. The number of aliphatic imine (C=N–C) groups is 1. The molecule has 0 aromatic heterocycles. The van der Waals surface area contributed by atoms with Crippen LogP contribution in [0.5, 0.6) is 5.75 Å². The number of halogens is 3. The molecule has 1 N–H and O–H groups in total. The maximum absolute atomic E-state index is 14.2. The topological polar surface area (TPSA) is 57.2 Å². The predicted molar refractivity (Wildman–Crippen MR) is 150 cm³/mol. The molecule has 6 nitrogen and oxygen atoms in total. The summed E-state index contributed by atoms with van der Waals surface area (Å²) in [5.41, 5.74) is 2.52. The second-order valence-electron chi connectivity index (χ2n) is 8.91. The highest BCUT2D eigenvalue weighted by atomic mass is 79.9. The molecule has 2 atom stereocenters. The molecule has 1 saturated heterocycles. The number of urea groups is 1. The molecule has 3 aromatic rings. The first-order valence-corrected chi connectivity index (χ1v) is 13.8. The molecule has 0 aliphatic carbocycles. The second kappa shape index (κ2) is 11.3. The maximum Gasteiger partial charge on any atom is 0.326 e. The van der Waals surface area contributed by atoms with Crippen LogP contribution in [0.15, 0.2) is 80.7 Å². The Morgan fingerprint density at radius 3 is 2.24 bits per heavy atom. The van der Waals surface area contributed by atoms with Crippen molar-refractivity contribution in [2.24, 2.45) is 4.99 Å². The monoisotopic (exact) mass is 628 g/mol. The van der Waals surface area contributed by atoms with E-state index in [1.165, 1.54) is 12.1 Å². The van der Waals surface area contributed by atoms with E-state index in [4.69, 9.17) is 9.73 Å². The van der Waals surface area contributed by atoms with Gasteiger partial charge in [0.1, 0.15) is 23.4 Å². The van der Waals surface area contributed by atoms with Crippen LogP contribution < -0.4 is 10.1 Å². The van der Waals surface area contributed by atoms with Crippen molar-refractivity contribution in [2.45, 2.75) is 19.0 Å². The lowest BCUT2D eigenvalue weighted by molar-refractivity contribution is 0.157. The summed E-state index contributed by atoms with van der Waals surface area (Å²) < 4.78 is 22.0. The SMILES string of the molecule is CCOc1cc(F)ccc1C1=NC(c2ccc(Br)cc2)C(c2ccc(Br)cc2)N1C(=O)N1CCNCC1. The second-order valence-corrected chi connectivity index (χ2v) is 10.7. The van der Waals surface area contributed by atoms with Gasteiger partial charge in [-0.05, 0) is 54.4 Å². The first-order valence-electron chi connectivity index (χ1n) is 12.3. The number of nitrogens with zero attached hydrogens (tertiary/aromatic N) is 3. The van der Waals surface area contributed by atoms with E-state index in [1.54, 1.807) is 11.0 Å². The van der Waals surface area contributed by atoms with Crippen LogP contribution in [0.4, 0.5) is 9.18 Å². The number of carbonyl (C=O) groups is 1. The molecule has 2 amide bonds. The van der Waals surface area contributed by atoms with E-state index in [-0.39, 0.29) is 12.1 Å². The Kier molecular flexibility index (Phi) is 7.92. The Labute approximate surface area is 232 Å². The number of benzene rings is 3. The fourth-order valence-corrected chi connectivity index (χ4v) is 5.35. The van der Waals surface area contributed by atoms with E-state index < -0.39 is 11.9 Å². The Morgan fingerprint density at radius 1 is 1.00 bits per heavy atom. The molecule has 2 unspecified atom stereocenters. The predicted octanol–water partition coefficient (Wildman–Crippen LogP) is 6.32. The Hall–Kier alpha value is -2.75. The molecule has 0 spiro atoms. The molecule has 0 radical (unpaired) electrons. The van der Waals surface area contributed by atoms with E-state index >= 15 is 0 Å². The van der Waals surface area contributed by atoms with Crippen LogP contribution in [0.25, 0.3) is 0 Å². The lowest BCUT2D eigenvalue weighted by Crippen LogP contribution is -2.53. The minimum Gasteiger partial charge on any atom is -0.493 e. The molecule has 2 aliphatic rings. The van der Waals surface area contributed by atoms with Crippen LogP contribution in [0.3, 0.4) is 0 Å². The number of nitrogens with one attached hydrogen (secondary N) is 1. The van der Waals surface area contributed by atoms with Crippen LogP contribution >= 0.6 is 31.9 Å². The van der Waals surface area contributed by atoms with Crippen LogP contribution in [0.2, 0.25) is 0 Å². The highest BCUT2D eigenvalue weighted by molar-refractivity contribution is 9.10. The zero-order valence-electron chi connectivity index (χ0n) is 20.3. The molecule has 192 valence electrons. The van der Waals surface area contributed by atoms with Gasteiger partial charge in [0.15, 0.2) is 0 Å². The summed E-state index contributed by atoms with van der Waals surface area (Å²) in [6, 6.07) is 19.5. The summed E-state index contributed by atoms with van der Waals surface area (Å²) in [5.74, 6) is 0.442. The molecule has 9 heteroatoms. The first kappa shape index (κ1) is 25.9. The van der Waals surface area contributed by atoms with Gasteiger partial charge in [0.2, 0.25) is 0 Å². The van der Waals surface area contributed by atoms with Crippen molar-refractivity contribution < 1.29 is 13.9 Å². The van der Waals surface area contributed by atoms with Gasteiger partial charge in [0.05, 0.1) is 18.2 Å². The normalized spacial score (nSPS) is 19.6. The molecule has 0 bridgehead atoms. The molecule has 1 fully saturated rings. The Bertz CT molecular complexity index is 1290. The number of piperazine rings is 1. The van der Waals surface area contributed by atoms with Gasteiger partial charge in [-0.2, -0.15) is 0 Å². The van der Waals surface area contributed by atoms with Crippen molar-refractivity contribution in [2.75, 3.05) is 32.8 Å². The van der Waals surface area contributed by atoms with Gasteiger partial charge in [-0.15, -0.1) is 0 Å². The van der Waals surface area contributed by atoms with Gasteiger partial charge in [0, 0.05) is 41.2 Å². The fraction of sp³-hybridized carbons (Fsp3) is 0.286. The average molecular weight is 630 g/mol. The third kappa shape index (κ3) is 5.44. The highest BCUT2D eigenvalue weighted by Gasteiger charge is 2.44. The van der Waals surface area contributed by atoms with E-state index in [9.17, 15) is 9.18 Å². The molecule has 2 aliphatic heterocycles. The highest BCUT2D eigenvalue weighted by Crippen LogP contribution is 2.45. The van der Waals surface area contributed by atoms with E-state index in [0.717, 1.165) is 33.2 Å². The lowest BCUT2D eigenvalue weighted by Gasteiger charge is -2.36. The van der Waals surface area contributed by atoms with Crippen molar-refractivity contribution in [3.63, 3.8) is 0 Å². The number of hydrogen-bond donors (Lipinski definition) is 1. The van der Waals surface area contributed by atoms with Crippen molar-refractivity contribution in [1.82, 2.24) is 15.1 Å². The summed E-state index contributed by atoms with van der Waals surface area (Å²) in [5, 5.41) is 3.31. The molecular weight excluding hydrogens is 603 g/mol. The third-order valence-corrected chi connectivity index (χ3v) is 7.63. The van der Waals surface area contributed by atoms with Gasteiger partial charge in [-0.1, -0.05) is 56.1 Å². The van der Waals surface area contributed by atoms with Crippen LogP contribution in [-0.4, -0.2) is 54.5 Å². The molecule has 3 aromatic carbocycles. The molecule has 0 saturated carbocycles. The van der Waals surface area contributed by atoms with Crippen LogP contribution in [0.1, 0.15) is 35.7 Å². The first-order chi connectivity index (χ1) is 18.0. The van der Waals surface area contributed by atoms with Crippen molar-refractivity contribution in [3.05, 3.63) is 98.2 Å². The van der Waals surface area contributed by atoms with Crippen molar-refractivity contribution in [3.8, 4) is 5.75 Å². The fourth-order valence-electron chi connectivity index (χ4n) is 4.82. The smallest absolute Gasteiger partial charge is 0.326 e. The van der Waals surface area contributed by atoms with Crippen LogP contribution in [-0.2, 0) is 0 Å². The Morgan fingerprint density at radius 2 is 1.62 bits per heavy atom. The summed E-state index contributed by atoms with van der Waals surface area (Å²) >= 11 is 7.05. The summed E-state index contributed by atoms with van der Waals surface area (Å²) in [4.78, 5) is 23.0. The van der Waals surface area contributed by atoms with Gasteiger partial charge in [-0.25, -0.2) is 9.18 Å². The van der Waals surface area contributed by atoms with Gasteiger partial charge in [-0.3, -0.25) is 9.89 Å². The van der Waals surface area contributed by atoms with Gasteiger partial charge in [0.25, 0.3) is 0 Å². The number of amides is 2. The number of carbonyl (C=O) groups excluding carboxylic acids is 1. The molecular formula is C28H27Br2FN4O2. The van der Waals surface area contributed by atoms with Gasteiger partial charge < -0.3 is 15.0 Å². The average Bonchev–Trinajstić information content (AvgIpc) is 3.30. The number of ether oxygens (including phenoxy) is 1. The number of rotatable bonds is 5. The minimum atomic E-state index is -0.403. The zero-order chi connectivity index (χ0) is 25.9. The summed E-state index contributed by atoms with van der Waals surface area (Å²) in [7, 11) is 0. The molecule has 37 heavy (non-hydrogen) atoms. The Balaban J connectivity index is 1.69. The van der Waals surface area contributed by atoms with Crippen molar-refractivity contribution in [1.29, 1.82) is 0 Å². The third-order valence-electron chi connectivity index (χ3n) is 6.57. The van der Waals surface area contributed by atoms with Crippen LogP contribution in [0, 0.1) is 5.82 Å². The van der Waals surface area contributed by atoms with E-state index in [2.05, 4.69) is 37.2 Å². The quantitative estimate of drug-likeness (QED) is 0.359. The number of amidine groups is 1. The van der Waals surface area contributed by atoms with E-state index in [0.29, 0.717) is 36.8 Å². The van der Waals surface area contributed by atoms with Crippen molar-refractivity contribution >= 4 is 43.7 Å². The maximum atomic E-state index is 14.2. The summed E-state index contributed by atoms with van der Waals surface area (Å²) in [6.07, 6.45) is 0. The number of hydrogen-bond acceptors (Lipinski definition) is 4. The summed E-state index contributed by atoms with van der Waals surface area (Å²) in [6.45, 7) is 4.87. The molecule has 5 rings (SSSR count). The molecule has 2 heterocycles.